The molecular formula is C26H25F3N4O3. The molecule has 0 amide bonds. The predicted molar refractivity (Wildman–Crippen MR) is 125 cm³/mol. The summed E-state index contributed by atoms with van der Waals surface area (Å²) in [6, 6.07) is 8.94. The number of alkyl halides is 3. The number of carbonyl (C=O) groups excluding carboxylic acids is 1. The lowest BCUT2D eigenvalue weighted by molar-refractivity contribution is -0.0502. The molecule has 36 heavy (non-hydrogen) atoms. The second-order valence-corrected chi connectivity index (χ2v) is 9.32. The SMILES string of the molecule is COc1cc(-c2cnn3cc(C4(NCC#N)CCC4)ccc23)cc(OC(F)F)c1C(=O)C[C@@H]1C[C@@H]1F. The van der Waals surface area contributed by atoms with Crippen LogP contribution in [-0.4, -0.2) is 41.8 Å². The zero-order valence-electron chi connectivity index (χ0n) is 19.6. The van der Waals surface area contributed by atoms with Crippen LogP contribution in [0.1, 0.15) is 48.0 Å². The maximum Gasteiger partial charge on any atom is 0.387 e. The first kappa shape index (κ1) is 24.1. The molecule has 2 heterocycles. The summed E-state index contributed by atoms with van der Waals surface area (Å²) in [7, 11) is 1.34. The van der Waals surface area contributed by atoms with Gasteiger partial charge in [0.05, 0.1) is 31.4 Å². The summed E-state index contributed by atoms with van der Waals surface area (Å²) in [4.78, 5) is 12.9. The number of ether oxygens (including phenoxy) is 2. The summed E-state index contributed by atoms with van der Waals surface area (Å²) in [6.07, 6.45) is 5.54. The van der Waals surface area contributed by atoms with Crippen LogP contribution >= 0.6 is 0 Å². The number of nitrogens with zero attached hydrogens (tertiary/aromatic N) is 3. The van der Waals surface area contributed by atoms with Gasteiger partial charge in [-0.1, -0.05) is 6.07 Å². The Morgan fingerprint density at radius 3 is 2.69 bits per heavy atom. The van der Waals surface area contributed by atoms with Gasteiger partial charge in [-0.2, -0.15) is 19.1 Å². The second kappa shape index (κ2) is 9.47. The Morgan fingerprint density at radius 2 is 2.08 bits per heavy atom. The average Bonchev–Trinajstić information content (AvgIpc) is 3.35. The van der Waals surface area contributed by atoms with E-state index in [9.17, 15) is 18.0 Å². The van der Waals surface area contributed by atoms with E-state index < -0.39 is 24.5 Å². The van der Waals surface area contributed by atoms with Crippen LogP contribution in [0.4, 0.5) is 13.2 Å². The molecule has 188 valence electrons. The molecule has 2 aliphatic rings. The van der Waals surface area contributed by atoms with E-state index >= 15 is 0 Å². The third kappa shape index (κ3) is 4.39. The summed E-state index contributed by atoms with van der Waals surface area (Å²) in [6.45, 7) is -2.91. The number of aromatic nitrogens is 2. The molecule has 2 fully saturated rings. The van der Waals surface area contributed by atoms with Crippen molar-refractivity contribution in [1.29, 1.82) is 5.26 Å². The van der Waals surface area contributed by atoms with Crippen LogP contribution in [0.3, 0.4) is 0 Å². The summed E-state index contributed by atoms with van der Waals surface area (Å²) < 4.78 is 51.7. The number of nitriles is 1. The molecule has 2 aromatic heterocycles. The highest BCUT2D eigenvalue weighted by molar-refractivity contribution is 6.03. The van der Waals surface area contributed by atoms with Gasteiger partial charge in [0.25, 0.3) is 0 Å². The molecule has 2 aliphatic carbocycles. The first-order chi connectivity index (χ1) is 17.3. The Morgan fingerprint density at radius 1 is 1.33 bits per heavy atom. The van der Waals surface area contributed by atoms with Crippen molar-refractivity contribution in [2.75, 3.05) is 13.7 Å². The standard InChI is InChI=1S/C26H25F3N4O3/c1-35-22-11-15(12-23(36-25(28)29)24(22)21(34)10-16-9-19(16)27)18-13-32-33-14-17(3-4-20(18)33)26(5-2-6-26)31-8-7-30/h3-4,11-14,16,19,25,31H,2,5-6,8-10H2,1H3/t16-,19-/m0/s1. The van der Waals surface area contributed by atoms with E-state index in [0.29, 0.717) is 11.1 Å². The Labute approximate surface area is 205 Å². The Balaban J connectivity index is 1.53. The number of carbonyl (C=O) groups is 1. The van der Waals surface area contributed by atoms with Crippen LogP contribution in [0.5, 0.6) is 11.5 Å². The van der Waals surface area contributed by atoms with Crippen LogP contribution in [0.15, 0.2) is 36.7 Å². The third-order valence-corrected chi connectivity index (χ3v) is 7.16. The molecule has 7 nitrogen and oxygen atoms in total. The third-order valence-electron chi connectivity index (χ3n) is 7.16. The van der Waals surface area contributed by atoms with Crippen molar-refractivity contribution in [3.05, 3.63) is 47.8 Å². The quantitative estimate of drug-likeness (QED) is 0.311. The normalized spacial score (nSPS) is 20.1. The minimum atomic E-state index is -3.16. The molecule has 1 N–H and O–H groups in total. The van der Waals surface area contributed by atoms with Crippen LogP contribution in [0.25, 0.3) is 16.6 Å². The molecular weight excluding hydrogens is 473 g/mol. The van der Waals surface area contributed by atoms with E-state index in [1.807, 2.05) is 18.3 Å². The van der Waals surface area contributed by atoms with Crippen LogP contribution < -0.4 is 14.8 Å². The molecule has 0 unspecified atom stereocenters. The van der Waals surface area contributed by atoms with E-state index in [-0.39, 0.29) is 42.0 Å². The number of rotatable bonds is 10. The zero-order chi connectivity index (χ0) is 25.4. The van der Waals surface area contributed by atoms with Crippen molar-refractivity contribution in [3.63, 3.8) is 0 Å². The highest BCUT2D eigenvalue weighted by Gasteiger charge is 2.40. The predicted octanol–water partition coefficient (Wildman–Crippen LogP) is 5.03. The van der Waals surface area contributed by atoms with E-state index in [0.717, 1.165) is 30.3 Å². The molecule has 1 aromatic carbocycles. The fourth-order valence-electron chi connectivity index (χ4n) is 4.93. The van der Waals surface area contributed by atoms with Gasteiger partial charge >= 0.3 is 6.61 Å². The molecule has 5 rings (SSSR count). The first-order valence-corrected chi connectivity index (χ1v) is 11.8. The maximum atomic E-state index is 13.4. The average molecular weight is 499 g/mol. The van der Waals surface area contributed by atoms with Crippen molar-refractivity contribution >= 4 is 11.3 Å². The van der Waals surface area contributed by atoms with E-state index in [1.54, 1.807) is 16.8 Å². The minimum Gasteiger partial charge on any atom is -0.496 e. The minimum absolute atomic E-state index is 0.0781. The summed E-state index contributed by atoms with van der Waals surface area (Å²) >= 11 is 0. The smallest absolute Gasteiger partial charge is 0.387 e. The fourth-order valence-corrected chi connectivity index (χ4v) is 4.93. The van der Waals surface area contributed by atoms with Crippen molar-refractivity contribution in [1.82, 2.24) is 14.9 Å². The topological polar surface area (TPSA) is 88.7 Å². The number of methoxy groups -OCH3 is 1. The lowest BCUT2D eigenvalue weighted by Crippen LogP contribution is -2.48. The van der Waals surface area contributed by atoms with Crippen LogP contribution in [0, 0.1) is 17.2 Å². The lowest BCUT2D eigenvalue weighted by atomic mass is 9.72. The van der Waals surface area contributed by atoms with Crippen molar-refractivity contribution in [2.45, 2.75) is 50.4 Å². The van der Waals surface area contributed by atoms with E-state index in [2.05, 4.69) is 16.5 Å². The van der Waals surface area contributed by atoms with Crippen LogP contribution in [-0.2, 0) is 5.54 Å². The number of pyridine rings is 1. The number of halogens is 3. The van der Waals surface area contributed by atoms with Gasteiger partial charge in [0.1, 0.15) is 23.2 Å². The van der Waals surface area contributed by atoms with Crippen molar-refractivity contribution < 1.29 is 27.4 Å². The van der Waals surface area contributed by atoms with Gasteiger partial charge in [0, 0.05) is 29.6 Å². The van der Waals surface area contributed by atoms with Gasteiger partial charge in [-0.15, -0.1) is 0 Å². The van der Waals surface area contributed by atoms with Gasteiger partial charge < -0.3 is 9.47 Å². The molecule has 0 saturated heterocycles. The molecule has 0 radical (unpaired) electrons. The second-order valence-electron chi connectivity index (χ2n) is 9.32. The highest BCUT2D eigenvalue weighted by atomic mass is 19.3. The lowest BCUT2D eigenvalue weighted by Gasteiger charge is -2.42. The van der Waals surface area contributed by atoms with Gasteiger partial charge in [0.15, 0.2) is 5.78 Å². The van der Waals surface area contributed by atoms with Gasteiger partial charge in [0.2, 0.25) is 0 Å². The monoisotopic (exact) mass is 498 g/mol. The number of Topliss-reactive ketones (excluding diaryl/α,β-unsaturated/α-hetero) is 1. The number of benzene rings is 1. The molecule has 0 bridgehead atoms. The Kier molecular flexibility index (Phi) is 6.35. The maximum absolute atomic E-state index is 13.4. The van der Waals surface area contributed by atoms with Gasteiger partial charge in [-0.25, -0.2) is 8.91 Å². The Bertz CT molecular complexity index is 1350. The Hall–Kier alpha value is -3.58. The highest BCUT2D eigenvalue weighted by Crippen LogP contribution is 2.44. The summed E-state index contributed by atoms with van der Waals surface area (Å²) in [5.41, 5.74) is 2.47. The molecule has 0 aliphatic heterocycles. The van der Waals surface area contributed by atoms with E-state index in [1.165, 1.54) is 13.2 Å². The molecule has 10 heteroatoms. The number of nitrogens with one attached hydrogen (secondary N) is 1. The van der Waals surface area contributed by atoms with Crippen molar-refractivity contribution in [3.8, 4) is 28.7 Å². The molecule has 0 spiro atoms. The molecule has 2 saturated carbocycles. The summed E-state index contributed by atoms with van der Waals surface area (Å²) in [5.74, 6) is -1.14. The number of hydrogen-bond acceptors (Lipinski definition) is 6. The van der Waals surface area contributed by atoms with Gasteiger partial charge in [-0.05, 0) is 55.0 Å². The number of ketones is 1. The number of fused-ring (bicyclic) bond motifs is 1. The fraction of sp³-hybridized carbons (Fsp3) is 0.423. The first-order valence-electron chi connectivity index (χ1n) is 11.8. The largest absolute Gasteiger partial charge is 0.496 e. The zero-order valence-corrected chi connectivity index (χ0v) is 19.6. The summed E-state index contributed by atoms with van der Waals surface area (Å²) in [5, 5.41) is 16.8. The van der Waals surface area contributed by atoms with E-state index in [4.69, 9.17) is 14.7 Å². The number of hydrogen-bond donors (Lipinski definition) is 1. The molecule has 3 aromatic rings. The van der Waals surface area contributed by atoms with Gasteiger partial charge in [-0.3, -0.25) is 10.1 Å². The molecule has 2 atom stereocenters. The van der Waals surface area contributed by atoms with Crippen molar-refractivity contribution in [2.24, 2.45) is 5.92 Å². The van der Waals surface area contributed by atoms with Crippen LogP contribution in [0.2, 0.25) is 0 Å².